The van der Waals surface area contributed by atoms with Crippen LogP contribution in [-0.4, -0.2) is 39.2 Å². The molecule has 1 N–H and O–H groups in total. The number of amides is 1. The fourth-order valence-electron chi connectivity index (χ4n) is 2.57. The highest BCUT2D eigenvalue weighted by Gasteiger charge is 2.29. The third-order valence-electron chi connectivity index (χ3n) is 3.81. The van der Waals surface area contributed by atoms with Gasteiger partial charge in [0.15, 0.2) is 0 Å². The Bertz CT molecular complexity index is 961. The Morgan fingerprint density at radius 1 is 1.18 bits per heavy atom. The van der Waals surface area contributed by atoms with Crippen LogP contribution in [0.3, 0.4) is 0 Å². The number of carbonyl (C=O) groups excluding carboxylic acids is 2. The molecule has 0 unspecified atom stereocenters. The van der Waals surface area contributed by atoms with E-state index in [1.54, 1.807) is 6.92 Å². The van der Waals surface area contributed by atoms with Gasteiger partial charge in [0.2, 0.25) is 15.9 Å². The van der Waals surface area contributed by atoms with Gasteiger partial charge in [-0.2, -0.15) is 0 Å². The molecule has 0 aliphatic heterocycles. The van der Waals surface area contributed by atoms with Crippen LogP contribution in [-0.2, 0) is 19.6 Å². The molecule has 9 heteroatoms. The van der Waals surface area contributed by atoms with Crippen molar-refractivity contribution in [2.24, 2.45) is 0 Å². The van der Waals surface area contributed by atoms with Gasteiger partial charge in [-0.25, -0.2) is 17.6 Å². The number of esters is 1. The molecule has 2 aromatic rings. The van der Waals surface area contributed by atoms with Gasteiger partial charge in [0.05, 0.1) is 24.1 Å². The molecule has 0 bridgehead atoms. The van der Waals surface area contributed by atoms with E-state index in [0.717, 1.165) is 16.6 Å². The number of rotatable bonds is 7. The number of hydrogen-bond acceptors (Lipinski definition) is 5. The van der Waals surface area contributed by atoms with E-state index < -0.39 is 33.8 Å². The van der Waals surface area contributed by atoms with Crippen LogP contribution in [0.2, 0.25) is 0 Å². The van der Waals surface area contributed by atoms with E-state index in [0.29, 0.717) is 11.3 Å². The first-order valence-corrected chi connectivity index (χ1v) is 10.3. The lowest BCUT2D eigenvalue weighted by Crippen LogP contribution is -2.45. The standard InChI is InChI=1S/C19H21FN2O5S/c1-4-27-19(24)14-8-10-16(11-9-14)21-18(23)13(2)22(28(3,25)26)17-7-5-6-15(20)12-17/h5-13H,4H2,1-3H3,(H,21,23)/t13-/m1/s1. The molecule has 0 radical (unpaired) electrons. The number of benzene rings is 2. The van der Waals surface area contributed by atoms with Gasteiger partial charge in [-0.05, 0) is 56.3 Å². The molecular formula is C19H21FN2O5S. The second-order valence-electron chi connectivity index (χ2n) is 6.00. The molecule has 2 rings (SSSR count). The fraction of sp³-hybridized carbons (Fsp3) is 0.263. The minimum Gasteiger partial charge on any atom is -0.462 e. The number of hydrogen-bond donors (Lipinski definition) is 1. The van der Waals surface area contributed by atoms with Crippen LogP contribution in [0.4, 0.5) is 15.8 Å². The lowest BCUT2D eigenvalue weighted by molar-refractivity contribution is -0.116. The maximum absolute atomic E-state index is 13.5. The Labute approximate surface area is 163 Å². The summed E-state index contributed by atoms with van der Waals surface area (Å²) < 4.78 is 43.6. The SMILES string of the molecule is CCOC(=O)c1ccc(NC(=O)[C@@H](C)N(c2cccc(F)c2)S(C)(=O)=O)cc1. The summed E-state index contributed by atoms with van der Waals surface area (Å²) in [5.74, 6) is -1.71. The van der Waals surface area contributed by atoms with Crippen molar-refractivity contribution < 1.29 is 27.1 Å². The van der Waals surface area contributed by atoms with Crippen LogP contribution in [0.5, 0.6) is 0 Å². The van der Waals surface area contributed by atoms with Crippen LogP contribution in [0, 0.1) is 5.82 Å². The quantitative estimate of drug-likeness (QED) is 0.711. The molecule has 1 atom stereocenters. The Balaban J connectivity index is 2.20. The molecule has 7 nitrogen and oxygen atoms in total. The molecule has 0 aliphatic carbocycles. The average Bonchev–Trinajstić information content (AvgIpc) is 2.61. The third-order valence-corrected chi connectivity index (χ3v) is 5.06. The van der Waals surface area contributed by atoms with Crippen LogP contribution in [0.15, 0.2) is 48.5 Å². The van der Waals surface area contributed by atoms with Gasteiger partial charge in [-0.15, -0.1) is 0 Å². The predicted molar refractivity (Wildman–Crippen MR) is 104 cm³/mol. The maximum atomic E-state index is 13.5. The number of ether oxygens (including phenoxy) is 1. The number of carbonyl (C=O) groups is 2. The summed E-state index contributed by atoms with van der Waals surface area (Å²) >= 11 is 0. The molecule has 0 fully saturated rings. The van der Waals surface area contributed by atoms with Gasteiger partial charge in [-0.3, -0.25) is 9.10 Å². The van der Waals surface area contributed by atoms with Crippen LogP contribution in [0.25, 0.3) is 0 Å². The monoisotopic (exact) mass is 408 g/mol. The molecule has 150 valence electrons. The summed E-state index contributed by atoms with van der Waals surface area (Å²) in [5.41, 5.74) is 0.742. The van der Waals surface area contributed by atoms with Crippen molar-refractivity contribution in [1.82, 2.24) is 0 Å². The van der Waals surface area contributed by atoms with E-state index in [-0.39, 0.29) is 12.3 Å². The van der Waals surface area contributed by atoms with E-state index in [9.17, 15) is 22.4 Å². The highest BCUT2D eigenvalue weighted by molar-refractivity contribution is 7.92. The third kappa shape index (κ3) is 5.29. The van der Waals surface area contributed by atoms with E-state index >= 15 is 0 Å². The first-order chi connectivity index (χ1) is 13.1. The molecule has 2 aromatic carbocycles. The summed E-state index contributed by atoms with van der Waals surface area (Å²) in [6, 6.07) is 9.83. The molecular weight excluding hydrogens is 387 g/mol. The largest absolute Gasteiger partial charge is 0.462 e. The van der Waals surface area contributed by atoms with E-state index in [2.05, 4.69) is 5.32 Å². The molecule has 28 heavy (non-hydrogen) atoms. The minimum atomic E-state index is -3.85. The van der Waals surface area contributed by atoms with Crippen molar-refractivity contribution in [3.63, 3.8) is 0 Å². The van der Waals surface area contributed by atoms with Crippen molar-refractivity contribution in [1.29, 1.82) is 0 Å². The lowest BCUT2D eigenvalue weighted by Gasteiger charge is -2.28. The van der Waals surface area contributed by atoms with E-state index in [1.807, 2.05) is 0 Å². The number of nitrogens with one attached hydrogen (secondary N) is 1. The first kappa shape index (κ1) is 21.4. The Morgan fingerprint density at radius 2 is 1.82 bits per heavy atom. The van der Waals surface area contributed by atoms with Crippen molar-refractivity contribution in [3.05, 3.63) is 59.9 Å². The predicted octanol–water partition coefficient (Wildman–Crippen LogP) is 2.80. The molecule has 1 amide bonds. The van der Waals surface area contributed by atoms with Crippen LogP contribution >= 0.6 is 0 Å². The van der Waals surface area contributed by atoms with E-state index in [1.165, 1.54) is 49.4 Å². The second-order valence-corrected chi connectivity index (χ2v) is 7.86. The molecule has 0 spiro atoms. The van der Waals surface area contributed by atoms with Gasteiger partial charge < -0.3 is 10.1 Å². The minimum absolute atomic E-state index is 0.0443. The highest BCUT2D eigenvalue weighted by Crippen LogP contribution is 2.22. The van der Waals surface area contributed by atoms with Crippen molar-refractivity contribution in [2.75, 3.05) is 22.5 Å². The summed E-state index contributed by atoms with van der Waals surface area (Å²) in [7, 11) is -3.85. The normalized spacial score (nSPS) is 12.1. The summed E-state index contributed by atoms with van der Waals surface area (Å²) in [4.78, 5) is 24.2. The van der Waals surface area contributed by atoms with Gasteiger partial charge in [-0.1, -0.05) is 6.07 Å². The Hall–Kier alpha value is -2.94. The fourth-order valence-corrected chi connectivity index (χ4v) is 3.74. The Morgan fingerprint density at radius 3 is 2.36 bits per heavy atom. The lowest BCUT2D eigenvalue weighted by atomic mass is 10.2. The number of sulfonamides is 1. The topological polar surface area (TPSA) is 92.8 Å². The van der Waals surface area contributed by atoms with Gasteiger partial charge >= 0.3 is 5.97 Å². The molecule has 0 saturated heterocycles. The Kier molecular flexibility index (Phi) is 6.74. The second kappa shape index (κ2) is 8.83. The molecule has 0 aliphatic rings. The van der Waals surface area contributed by atoms with Gasteiger partial charge in [0.25, 0.3) is 0 Å². The van der Waals surface area contributed by atoms with E-state index in [4.69, 9.17) is 4.74 Å². The van der Waals surface area contributed by atoms with Crippen LogP contribution < -0.4 is 9.62 Å². The van der Waals surface area contributed by atoms with Crippen molar-refractivity contribution in [2.45, 2.75) is 19.9 Å². The van der Waals surface area contributed by atoms with Crippen molar-refractivity contribution >= 4 is 33.3 Å². The number of halogens is 1. The molecule has 0 aromatic heterocycles. The summed E-state index contributed by atoms with van der Waals surface area (Å²) in [6.45, 7) is 3.34. The van der Waals surface area contributed by atoms with Gasteiger partial charge in [0.1, 0.15) is 11.9 Å². The smallest absolute Gasteiger partial charge is 0.338 e. The summed E-state index contributed by atoms with van der Waals surface area (Å²) in [6.07, 6.45) is 0.940. The average molecular weight is 408 g/mol. The van der Waals surface area contributed by atoms with Gasteiger partial charge in [0, 0.05) is 5.69 Å². The zero-order valence-electron chi connectivity index (χ0n) is 15.7. The highest BCUT2D eigenvalue weighted by atomic mass is 32.2. The molecule has 0 saturated carbocycles. The zero-order valence-corrected chi connectivity index (χ0v) is 16.5. The number of nitrogens with zero attached hydrogens (tertiary/aromatic N) is 1. The van der Waals surface area contributed by atoms with Crippen LogP contribution in [0.1, 0.15) is 24.2 Å². The summed E-state index contributed by atoms with van der Waals surface area (Å²) in [5, 5.41) is 2.59. The maximum Gasteiger partial charge on any atom is 0.338 e. The zero-order chi connectivity index (χ0) is 20.9. The van der Waals surface area contributed by atoms with Crippen molar-refractivity contribution in [3.8, 4) is 0 Å². The number of anilines is 2. The first-order valence-electron chi connectivity index (χ1n) is 8.46. The molecule has 0 heterocycles.